The van der Waals surface area contributed by atoms with Gasteiger partial charge in [0.05, 0.1) is 12.2 Å². The quantitative estimate of drug-likeness (QED) is 0.870. The highest BCUT2D eigenvalue weighted by atomic mass is 16.2. The van der Waals surface area contributed by atoms with Crippen LogP contribution in [0.25, 0.3) is 0 Å². The predicted molar refractivity (Wildman–Crippen MR) is 92.5 cm³/mol. The molecule has 1 saturated heterocycles. The van der Waals surface area contributed by atoms with Gasteiger partial charge >= 0.3 is 0 Å². The van der Waals surface area contributed by atoms with Crippen molar-refractivity contribution in [2.75, 3.05) is 25.0 Å². The van der Waals surface area contributed by atoms with Crippen molar-refractivity contribution >= 4 is 11.7 Å². The summed E-state index contributed by atoms with van der Waals surface area (Å²) in [5, 5.41) is 11.2. The molecular formula is C18H23N5O. The molecule has 2 aliphatic rings. The summed E-state index contributed by atoms with van der Waals surface area (Å²) in [6, 6.07) is 12.1. The Balaban J connectivity index is 1.28. The highest BCUT2D eigenvalue weighted by Gasteiger charge is 2.31. The van der Waals surface area contributed by atoms with Gasteiger partial charge < -0.3 is 15.5 Å². The van der Waals surface area contributed by atoms with Crippen LogP contribution in [0, 0.1) is 5.92 Å². The molecule has 126 valence electrons. The number of nitrogens with one attached hydrogen (secondary N) is 2. The van der Waals surface area contributed by atoms with Crippen molar-refractivity contribution in [2.45, 2.75) is 25.6 Å². The minimum atomic E-state index is -0.0484. The summed E-state index contributed by atoms with van der Waals surface area (Å²) in [6.07, 6.45) is 2.71. The number of carbonyl (C=O) groups excluding carboxylic acids is 1. The van der Waals surface area contributed by atoms with E-state index >= 15 is 0 Å². The lowest BCUT2D eigenvalue weighted by Crippen LogP contribution is -2.43. The summed E-state index contributed by atoms with van der Waals surface area (Å²) in [7, 11) is 0. The van der Waals surface area contributed by atoms with Crippen LogP contribution in [0.3, 0.4) is 0 Å². The Morgan fingerprint density at radius 1 is 1.25 bits per heavy atom. The summed E-state index contributed by atoms with van der Waals surface area (Å²) in [4.78, 5) is 14.5. The molecule has 6 heteroatoms. The molecule has 1 aromatic heterocycles. The third-order valence-electron chi connectivity index (χ3n) is 4.89. The molecule has 0 unspecified atom stereocenters. The third-order valence-corrected chi connectivity index (χ3v) is 4.89. The van der Waals surface area contributed by atoms with Gasteiger partial charge in [-0.2, -0.15) is 5.10 Å². The van der Waals surface area contributed by atoms with Gasteiger partial charge in [0.2, 0.25) is 5.91 Å². The molecule has 6 nitrogen and oxygen atoms in total. The minimum Gasteiger partial charge on any atom is -0.370 e. The minimum absolute atomic E-state index is 0.0484. The second kappa shape index (κ2) is 6.65. The molecule has 2 aromatic rings. The van der Waals surface area contributed by atoms with Crippen LogP contribution in [0.2, 0.25) is 0 Å². The number of anilines is 1. The van der Waals surface area contributed by atoms with Gasteiger partial charge in [0, 0.05) is 44.7 Å². The molecule has 0 spiro atoms. The highest BCUT2D eigenvalue weighted by Crippen LogP contribution is 2.18. The van der Waals surface area contributed by atoms with Crippen LogP contribution in [0.1, 0.15) is 12.0 Å². The summed E-state index contributed by atoms with van der Waals surface area (Å²) < 4.78 is 1.99. The molecule has 1 fully saturated rings. The van der Waals surface area contributed by atoms with Gasteiger partial charge in [-0.15, -0.1) is 0 Å². The van der Waals surface area contributed by atoms with Gasteiger partial charge in [-0.05, 0) is 12.0 Å². The van der Waals surface area contributed by atoms with Gasteiger partial charge in [-0.1, -0.05) is 30.3 Å². The zero-order valence-electron chi connectivity index (χ0n) is 13.7. The van der Waals surface area contributed by atoms with Gasteiger partial charge in [0.1, 0.15) is 5.82 Å². The molecule has 0 bridgehead atoms. The SMILES string of the molecule is O=C1[C@H](NC[C@H]2CNc3ccnn3C2)CCN1Cc1ccccc1. The van der Waals surface area contributed by atoms with Gasteiger partial charge in [0.15, 0.2) is 0 Å². The number of amides is 1. The Morgan fingerprint density at radius 3 is 3.00 bits per heavy atom. The fourth-order valence-corrected chi connectivity index (χ4v) is 3.52. The lowest BCUT2D eigenvalue weighted by atomic mass is 10.1. The number of rotatable bonds is 5. The van der Waals surface area contributed by atoms with E-state index in [1.165, 1.54) is 5.56 Å². The normalized spacial score (nSPS) is 23.2. The van der Waals surface area contributed by atoms with E-state index < -0.39 is 0 Å². The number of likely N-dealkylation sites (tertiary alicyclic amines) is 1. The average Bonchev–Trinajstić information content (AvgIpc) is 3.21. The molecule has 24 heavy (non-hydrogen) atoms. The van der Waals surface area contributed by atoms with Crippen LogP contribution < -0.4 is 10.6 Å². The van der Waals surface area contributed by atoms with E-state index in [1.807, 2.05) is 40.0 Å². The highest BCUT2D eigenvalue weighted by molar-refractivity contribution is 5.83. The van der Waals surface area contributed by atoms with E-state index in [9.17, 15) is 4.79 Å². The molecule has 3 heterocycles. The smallest absolute Gasteiger partial charge is 0.240 e. The largest absolute Gasteiger partial charge is 0.370 e. The molecule has 0 saturated carbocycles. The lowest BCUT2D eigenvalue weighted by Gasteiger charge is -2.26. The molecule has 4 rings (SSSR count). The maximum atomic E-state index is 12.6. The Labute approximate surface area is 141 Å². The van der Waals surface area contributed by atoms with Crippen molar-refractivity contribution in [1.29, 1.82) is 0 Å². The molecule has 1 aromatic carbocycles. The van der Waals surface area contributed by atoms with Crippen LogP contribution in [0.4, 0.5) is 5.82 Å². The Bertz CT molecular complexity index is 698. The van der Waals surface area contributed by atoms with E-state index in [1.54, 1.807) is 0 Å². The van der Waals surface area contributed by atoms with Crippen molar-refractivity contribution in [3.63, 3.8) is 0 Å². The Hall–Kier alpha value is -2.34. The fraction of sp³-hybridized carbons (Fsp3) is 0.444. The van der Waals surface area contributed by atoms with Crippen LogP contribution in [-0.4, -0.2) is 46.3 Å². The first kappa shape index (κ1) is 15.2. The Morgan fingerprint density at radius 2 is 2.12 bits per heavy atom. The van der Waals surface area contributed by atoms with E-state index in [0.717, 1.165) is 38.4 Å². The van der Waals surface area contributed by atoms with Gasteiger partial charge in [-0.25, -0.2) is 4.68 Å². The maximum Gasteiger partial charge on any atom is 0.240 e. The fourth-order valence-electron chi connectivity index (χ4n) is 3.52. The summed E-state index contributed by atoms with van der Waals surface area (Å²) in [6.45, 7) is 4.20. The number of carbonyl (C=O) groups is 1. The molecular weight excluding hydrogens is 302 g/mol. The number of fused-ring (bicyclic) bond motifs is 1. The second-order valence-electron chi connectivity index (χ2n) is 6.64. The summed E-state index contributed by atoms with van der Waals surface area (Å²) in [5.41, 5.74) is 1.19. The number of nitrogens with zero attached hydrogens (tertiary/aromatic N) is 3. The monoisotopic (exact) mass is 325 g/mol. The zero-order chi connectivity index (χ0) is 16.4. The van der Waals surface area contributed by atoms with Crippen molar-refractivity contribution in [3.8, 4) is 0 Å². The van der Waals surface area contributed by atoms with Crippen LogP contribution >= 0.6 is 0 Å². The molecule has 2 aliphatic heterocycles. The first-order valence-corrected chi connectivity index (χ1v) is 8.61. The number of benzene rings is 1. The topological polar surface area (TPSA) is 62.2 Å². The van der Waals surface area contributed by atoms with Crippen molar-refractivity contribution in [1.82, 2.24) is 20.0 Å². The molecule has 2 N–H and O–H groups in total. The first-order valence-electron chi connectivity index (χ1n) is 8.61. The number of hydrogen-bond donors (Lipinski definition) is 2. The standard InChI is InChI=1S/C18H23N5O/c24-18-16(7-9-22(18)12-14-4-2-1-3-5-14)19-10-15-11-20-17-6-8-21-23(17)13-15/h1-6,8,15-16,19-20H,7,9-13H2/t15-,16+/m0/s1. The molecule has 0 aliphatic carbocycles. The van der Waals surface area contributed by atoms with Gasteiger partial charge in [0.25, 0.3) is 0 Å². The maximum absolute atomic E-state index is 12.6. The number of aromatic nitrogens is 2. The second-order valence-corrected chi connectivity index (χ2v) is 6.64. The predicted octanol–water partition coefficient (Wildman–Crippen LogP) is 1.32. The first-order chi connectivity index (χ1) is 11.8. The van der Waals surface area contributed by atoms with Crippen molar-refractivity contribution in [2.24, 2.45) is 5.92 Å². The van der Waals surface area contributed by atoms with Crippen LogP contribution in [0.5, 0.6) is 0 Å². The average molecular weight is 325 g/mol. The van der Waals surface area contributed by atoms with E-state index in [4.69, 9.17) is 0 Å². The molecule has 1 amide bonds. The Kier molecular flexibility index (Phi) is 4.21. The van der Waals surface area contributed by atoms with E-state index in [-0.39, 0.29) is 11.9 Å². The summed E-state index contributed by atoms with van der Waals surface area (Å²) >= 11 is 0. The van der Waals surface area contributed by atoms with E-state index in [0.29, 0.717) is 12.5 Å². The lowest BCUT2D eigenvalue weighted by molar-refractivity contribution is -0.129. The van der Waals surface area contributed by atoms with Crippen molar-refractivity contribution < 1.29 is 4.79 Å². The van der Waals surface area contributed by atoms with Crippen LogP contribution in [0.15, 0.2) is 42.6 Å². The van der Waals surface area contributed by atoms with Gasteiger partial charge in [-0.3, -0.25) is 4.79 Å². The van der Waals surface area contributed by atoms with Crippen LogP contribution in [-0.2, 0) is 17.9 Å². The number of hydrogen-bond acceptors (Lipinski definition) is 4. The zero-order valence-corrected chi connectivity index (χ0v) is 13.7. The third kappa shape index (κ3) is 3.14. The molecule has 0 radical (unpaired) electrons. The summed E-state index contributed by atoms with van der Waals surface area (Å²) in [5.74, 6) is 1.76. The van der Waals surface area contributed by atoms with Crippen molar-refractivity contribution in [3.05, 3.63) is 48.2 Å². The van der Waals surface area contributed by atoms with E-state index in [2.05, 4.69) is 27.9 Å². The molecule has 2 atom stereocenters.